The number of hydrogen-bond donors (Lipinski definition) is 1. The van der Waals surface area contributed by atoms with Gasteiger partial charge in [-0.2, -0.15) is 0 Å². The molecule has 1 saturated heterocycles. The van der Waals surface area contributed by atoms with Gasteiger partial charge in [0.2, 0.25) is 0 Å². The van der Waals surface area contributed by atoms with Crippen molar-refractivity contribution in [1.82, 2.24) is 9.88 Å². The van der Waals surface area contributed by atoms with Crippen molar-refractivity contribution in [3.8, 4) is 0 Å². The SMILES string of the molecule is CCC1CCC(N2CCN(c3ccncc3N)CC2)CC1. The maximum atomic E-state index is 6.04. The van der Waals surface area contributed by atoms with Crippen LogP contribution in [0.2, 0.25) is 0 Å². The summed E-state index contributed by atoms with van der Waals surface area (Å²) < 4.78 is 0. The Balaban J connectivity index is 1.53. The summed E-state index contributed by atoms with van der Waals surface area (Å²) in [5.41, 5.74) is 7.99. The van der Waals surface area contributed by atoms with E-state index in [1.54, 1.807) is 6.20 Å². The van der Waals surface area contributed by atoms with Gasteiger partial charge in [-0.3, -0.25) is 9.88 Å². The van der Waals surface area contributed by atoms with Crippen LogP contribution in [0.25, 0.3) is 0 Å². The molecule has 0 bridgehead atoms. The Labute approximate surface area is 128 Å². The fourth-order valence-electron chi connectivity index (χ4n) is 3.93. The van der Waals surface area contributed by atoms with Gasteiger partial charge in [-0.25, -0.2) is 0 Å². The average Bonchev–Trinajstić information content (AvgIpc) is 2.56. The molecule has 2 N–H and O–H groups in total. The minimum absolute atomic E-state index is 0.800. The highest BCUT2D eigenvalue weighted by molar-refractivity contribution is 5.66. The monoisotopic (exact) mass is 288 g/mol. The summed E-state index contributed by atoms with van der Waals surface area (Å²) in [6, 6.07) is 2.86. The Morgan fingerprint density at radius 3 is 2.48 bits per heavy atom. The van der Waals surface area contributed by atoms with Crippen LogP contribution in [0.3, 0.4) is 0 Å². The van der Waals surface area contributed by atoms with Gasteiger partial charge in [-0.15, -0.1) is 0 Å². The van der Waals surface area contributed by atoms with E-state index < -0.39 is 0 Å². The third kappa shape index (κ3) is 3.31. The first-order valence-corrected chi connectivity index (χ1v) is 8.46. The van der Waals surface area contributed by atoms with E-state index in [-0.39, 0.29) is 0 Å². The van der Waals surface area contributed by atoms with Crippen LogP contribution in [0.15, 0.2) is 18.5 Å². The van der Waals surface area contributed by atoms with E-state index in [0.717, 1.165) is 36.4 Å². The average molecular weight is 288 g/mol. The molecular formula is C17H28N4. The first-order chi connectivity index (χ1) is 10.3. The molecule has 4 nitrogen and oxygen atoms in total. The van der Waals surface area contributed by atoms with Gasteiger partial charge in [0.05, 0.1) is 17.6 Å². The van der Waals surface area contributed by atoms with Crippen LogP contribution in [0.1, 0.15) is 39.0 Å². The molecule has 2 aliphatic rings. The van der Waals surface area contributed by atoms with Crippen LogP contribution in [-0.4, -0.2) is 42.1 Å². The smallest absolute Gasteiger partial charge is 0.0738 e. The minimum atomic E-state index is 0.800. The third-order valence-electron chi connectivity index (χ3n) is 5.39. The van der Waals surface area contributed by atoms with Crippen LogP contribution >= 0.6 is 0 Å². The van der Waals surface area contributed by atoms with Crippen molar-refractivity contribution in [3.05, 3.63) is 18.5 Å². The Morgan fingerprint density at radius 1 is 1.14 bits per heavy atom. The van der Waals surface area contributed by atoms with E-state index in [2.05, 4.69) is 21.7 Å². The van der Waals surface area contributed by atoms with Crippen molar-refractivity contribution in [1.29, 1.82) is 0 Å². The van der Waals surface area contributed by atoms with Gasteiger partial charge >= 0.3 is 0 Å². The summed E-state index contributed by atoms with van der Waals surface area (Å²) >= 11 is 0. The number of aromatic nitrogens is 1. The van der Waals surface area contributed by atoms with Crippen LogP contribution < -0.4 is 10.6 Å². The second kappa shape index (κ2) is 6.65. The molecule has 3 rings (SSSR count). The molecule has 4 heteroatoms. The zero-order valence-corrected chi connectivity index (χ0v) is 13.2. The van der Waals surface area contributed by atoms with Crippen LogP contribution in [0, 0.1) is 5.92 Å². The molecule has 0 radical (unpaired) electrons. The number of pyridine rings is 1. The maximum absolute atomic E-state index is 6.04. The standard InChI is InChI=1S/C17H28N4/c1-2-14-3-5-15(6-4-14)20-9-11-21(12-10-20)17-7-8-19-13-16(17)18/h7-8,13-15H,2-6,9-12,18H2,1H3. The fourth-order valence-corrected chi connectivity index (χ4v) is 3.93. The predicted molar refractivity (Wildman–Crippen MR) is 88.5 cm³/mol. The Bertz CT molecular complexity index is 446. The lowest BCUT2D eigenvalue weighted by Gasteiger charge is -2.42. The fraction of sp³-hybridized carbons (Fsp3) is 0.706. The predicted octanol–water partition coefficient (Wildman–Crippen LogP) is 2.75. The summed E-state index contributed by atoms with van der Waals surface area (Å²) in [5, 5.41) is 0. The summed E-state index contributed by atoms with van der Waals surface area (Å²) in [7, 11) is 0. The Hall–Kier alpha value is -1.29. The molecule has 0 amide bonds. The highest BCUT2D eigenvalue weighted by Crippen LogP contribution is 2.30. The van der Waals surface area contributed by atoms with Gasteiger partial charge in [0, 0.05) is 38.4 Å². The van der Waals surface area contributed by atoms with Crippen molar-refractivity contribution in [2.75, 3.05) is 36.8 Å². The number of nitrogens with two attached hydrogens (primary N) is 1. The van der Waals surface area contributed by atoms with Crippen LogP contribution in [-0.2, 0) is 0 Å². The topological polar surface area (TPSA) is 45.4 Å². The molecule has 0 aromatic carbocycles. The summed E-state index contributed by atoms with van der Waals surface area (Å²) in [5.74, 6) is 0.985. The maximum Gasteiger partial charge on any atom is 0.0738 e. The van der Waals surface area contributed by atoms with E-state index in [1.807, 2.05) is 12.3 Å². The van der Waals surface area contributed by atoms with Gasteiger partial charge < -0.3 is 10.6 Å². The van der Waals surface area contributed by atoms with E-state index >= 15 is 0 Å². The van der Waals surface area contributed by atoms with Crippen molar-refractivity contribution in [2.45, 2.75) is 45.1 Å². The van der Waals surface area contributed by atoms with Crippen LogP contribution in [0.4, 0.5) is 11.4 Å². The van der Waals surface area contributed by atoms with Crippen molar-refractivity contribution in [2.24, 2.45) is 5.92 Å². The molecule has 1 aliphatic carbocycles. The molecular weight excluding hydrogens is 260 g/mol. The third-order valence-corrected chi connectivity index (χ3v) is 5.39. The van der Waals surface area contributed by atoms with Crippen molar-refractivity contribution >= 4 is 11.4 Å². The molecule has 1 saturated carbocycles. The number of anilines is 2. The second-order valence-electron chi connectivity index (χ2n) is 6.54. The summed E-state index contributed by atoms with van der Waals surface area (Å²) in [6.07, 6.45) is 10.6. The van der Waals surface area contributed by atoms with E-state index in [9.17, 15) is 0 Å². The number of rotatable bonds is 3. The van der Waals surface area contributed by atoms with E-state index in [4.69, 9.17) is 5.73 Å². The van der Waals surface area contributed by atoms with Gasteiger partial charge in [-0.05, 0) is 37.7 Å². The van der Waals surface area contributed by atoms with Gasteiger partial charge in [0.1, 0.15) is 0 Å². The first kappa shape index (κ1) is 14.6. The molecule has 0 unspecified atom stereocenters. The molecule has 21 heavy (non-hydrogen) atoms. The molecule has 0 spiro atoms. The molecule has 1 aromatic rings. The van der Waals surface area contributed by atoms with Gasteiger partial charge in [-0.1, -0.05) is 13.3 Å². The number of nitrogens with zero attached hydrogens (tertiary/aromatic N) is 3. The Kier molecular flexibility index (Phi) is 4.63. The lowest BCUT2D eigenvalue weighted by atomic mass is 9.84. The zero-order valence-electron chi connectivity index (χ0n) is 13.2. The van der Waals surface area contributed by atoms with E-state index in [0.29, 0.717) is 0 Å². The molecule has 116 valence electrons. The lowest BCUT2D eigenvalue weighted by Crippen LogP contribution is -2.51. The second-order valence-corrected chi connectivity index (χ2v) is 6.54. The van der Waals surface area contributed by atoms with Crippen LogP contribution in [0.5, 0.6) is 0 Å². The number of nitrogen functional groups attached to an aromatic ring is 1. The highest BCUT2D eigenvalue weighted by atomic mass is 15.3. The summed E-state index contributed by atoms with van der Waals surface area (Å²) in [6.45, 7) is 6.85. The molecule has 1 aromatic heterocycles. The Morgan fingerprint density at radius 2 is 1.86 bits per heavy atom. The highest BCUT2D eigenvalue weighted by Gasteiger charge is 2.28. The quantitative estimate of drug-likeness (QED) is 0.929. The van der Waals surface area contributed by atoms with Crippen molar-refractivity contribution in [3.63, 3.8) is 0 Å². The molecule has 0 atom stereocenters. The molecule has 2 fully saturated rings. The van der Waals surface area contributed by atoms with Gasteiger partial charge in [0.15, 0.2) is 0 Å². The minimum Gasteiger partial charge on any atom is -0.396 e. The molecule has 2 heterocycles. The first-order valence-electron chi connectivity index (χ1n) is 8.46. The summed E-state index contributed by atoms with van der Waals surface area (Å²) in [4.78, 5) is 9.20. The van der Waals surface area contributed by atoms with Gasteiger partial charge in [0.25, 0.3) is 0 Å². The normalized spacial score (nSPS) is 27.8. The number of piperazine rings is 1. The van der Waals surface area contributed by atoms with Crippen molar-refractivity contribution < 1.29 is 0 Å². The molecule has 1 aliphatic heterocycles. The van der Waals surface area contributed by atoms with E-state index in [1.165, 1.54) is 45.2 Å². The number of hydrogen-bond acceptors (Lipinski definition) is 4. The largest absolute Gasteiger partial charge is 0.396 e. The zero-order chi connectivity index (χ0) is 14.7. The lowest BCUT2D eigenvalue weighted by molar-refractivity contribution is 0.128.